The monoisotopic (exact) mass is 1690 g/mol. The molecular formula is C125H102N2O4. The van der Waals surface area contributed by atoms with Crippen molar-refractivity contribution >= 4 is 122 Å². The lowest BCUT2D eigenvalue weighted by molar-refractivity contribution is 0.390. The van der Waals surface area contributed by atoms with E-state index in [1.54, 1.807) is 0 Å². The molecule has 0 radical (unpaired) electrons. The highest BCUT2D eigenvalue weighted by molar-refractivity contribution is 6.13. The van der Waals surface area contributed by atoms with Crippen LogP contribution in [0.4, 0.5) is 34.1 Å². The average molecular weight is 1700 g/mol. The topological polar surface area (TPSA) is 59.0 Å². The zero-order valence-corrected chi connectivity index (χ0v) is 74.2. The van der Waals surface area contributed by atoms with E-state index in [1.807, 2.05) is 24.3 Å². The van der Waals surface area contributed by atoms with Gasteiger partial charge in [0.05, 0.1) is 0 Å². The van der Waals surface area contributed by atoms with Crippen LogP contribution in [0.3, 0.4) is 0 Å². The Morgan fingerprint density at radius 1 is 0.176 bits per heavy atom. The quantitative estimate of drug-likeness (QED) is 0.0418. The third-order valence-corrected chi connectivity index (χ3v) is 27.5. The van der Waals surface area contributed by atoms with Gasteiger partial charge in [-0.2, -0.15) is 0 Å². The maximum absolute atomic E-state index is 6.54. The Morgan fingerprint density at radius 2 is 0.366 bits per heavy atom. The molecule has 0 atom stereocenters. The molecule has 0 aliphatic carbocycles. The second-order valence-electron chi connectivity index (χ2n) is 35.5. The lowest BCUT2D eigenvalue weighted by Crippen LogP contribution is -2.28. The van der Waals surface area contributed by atoms with E-state index in [2.05, 4.69) is 412 Å². The summed E-state index contributed by atoms with van der Waals surface area (Å²) in [5.74, 6) is 0. The molecule has 22 aromatic rings. The first kappa shape index (κ1) is 81.5. The lowest BCUT2D eigenvalue weighted by atomic mass is 9.67. The Morgan fingerprint density at radius 3 is 0.603 bits per heavy atom. The number of hydrogen-bond donors (Lipinski definition) is 0. The number of furan rings is 4. The van der Waals surface area contributed by atoms with Gasteiger partial charge in [0.25, 0.3) is 0 Å². The maximum Gasteiger partial charge on any atom is 0.143 e. The molecule has 0 amide bonds. The summed E-state index contributed by atoms with van der Waals surface area (Å²) in [6, 6.07) is 151. The highest BCUT2D eigenvalue weighted by Gasteiger charge is 2.34. The lowest BCUT2D eigenvalue weighted by Gasteiger charge is -2.36. The number of unbranched alkanes of at least 4 members (excludes halogenated alkanes) is 10. The van der Waals surface area contributed by atoms with Crippen LogP contribution in [0.2, 0.25) is 0 Å². The molecule has 0 aliphatic heterocycles. The minimum absolute atomic E-state index is 0.142. The number of hydrogen-bond acceptors (Lipinski definition) is 6. The highest BCUT2D eigenvalue weighted by atomic mass is 16.3. The fourth-order valence-electron chi connectivity index (χ4n) is 20.5. The molecule has 0 fully saturated rings. The first-order valence-corrected chi connectivity index (χ1v) is 47.1. The third kappa shape index (κ3) is 15.9. The van der Waals surface area contributed by atoms with Crippen LogP contribution in [0.5, 0.6) is 0 Å². The van der Waals surface area contributed by atoms with Crippen LogP contribution in [-0.4, -0.2) is 0 Å². The van der Waals surface area contributed by atoms with Gasteiger partial charge in [-0.25, -0.2) is 0 Å². The summed E-state index contributed by atoms with van der Waals surface area (Å²) in [5.41, 5.74) is 34.4. The van der Waals surface area contributed by atoms with E-state index in [1.165, 1.54) is 122 Å². The summed E-state index contributed by atoms with van der Waals surface area (Å²) in [7, 11) is 0. The molecule has 4 aromatic heterocycles. The zero-order chi connectivity index (χ0) is 87.6. The van der Waals surface area contributed by atoms with Crippen LogP contribution in [0.1, 0.15) is 115 Å². The molecule has 6 heteroatoms. The van der Waals surface area contributed by atoms with E-state index in [4.69, 9.17) is 17.7 Å². The molecule has 636 valence electrons. The molecule has 0 aliphatic rings. The Bertz CT molecular complexity index is 7010. The minimum Gasteiger partial charge on any atom is -0.455 e. The van der Waals surface area contributed by atoms with Crippen molar-refractivity contribution in [2.24, 2.45) is 0 Å². The van der Waals surface area contributed by atoms with E-state index in [0.717, 1.165) is 190 Å². The van der Waals surface area contributed by atoms with E-state index >= 15 is 0 Å². The Labute approximate surface area is 766 Å². The van der Waals surface area contributed by atoms with Gasteiger partial charge in [-0.3, -0.25) is 0 Å². The van der Waals surface area contributed by atoms with Crippen LogP contribution in [0, 0.1) is 0 Å². The van der Waals surface area contributed by atoms with E-state index in [9.17, 15) is 0 Å². The summed E-state index contributed by atoms with van der Waals surface area (Å²) in [6.45, 7) is 4.64. The SMILES string of the molecule is CCCCCCCCC(CCCCCCCC)(c1ccc(-c2ccc(-c3ccc(N(c4ccc(-c5cccc6c5oc5ccccc56)cc4)c4ccc(-c5cccc6c5oc5ccccc56)cc4)cc3)cc2)cc1)c1ccc(-c2ccc(-c3ccc(N(c4ccc(-c5cccc6c5oc5ccccc56)cc4)c4ccc(-c5cccc6c5oc5ccccc56)cc4)cc3)cc2)cc1. The Kier molecular flexibility index (Phi) is 22.5. The van der Waals surface area contributed by atoms with Crippen LogP contribution < -0.4 is 9.80 Å². The molecule has 4 heterocycles. The fraction of sp³-hybridized carbons (Fsp3) is 0.136. The van der Waals surface area contributed by atoms with Gasteiger partial charge in [0.15, 0.2) is 0 Å². The van der Waals surface area contributed by atoms with Crippen LogP contribution in [-0.2, 0) is 5.41 Å². The minimum atomic E-state index is -0.142. The van der Waals surface area contributed by atoms with Gasteiger partial charge in [0.1, 0.15) is 44.7 Å². The number of rotatable bonds is 30. The first-order valence-electron chi connectivity index (χ1n) is 47.1. The largest absolute Gasteiger partial charge is 0.455 e. The molecule has 0 bridgehead atoms. The number of nitrogens with zero attached hydrogens (tertiary/aromatic N) is 2. The van der Waals surface area contributed by atoms with Gasteiger partial charge in [-0.15, -0.1) is 0 Å². The molecule has 18 aromatic carbocycles. The molecule has 0 saturated carbocycles. The molecule has 0 saturated heterocycles. The van der Waals surface area contributed by atoms with Crippen molar-refractivity contribution < 1.29 is 17.7 Å². The standard InChI is InChI=1S/C125H102N2O4/c1-3-5-7-9-11-21-83-125(84-22-12-10-8-6-4-2,97-67-51-89(52-68-97)85-43-47-87(48-44-85)91-55-71-99(72-56-91)126(101-75-59-93(60-76-101)105-31-23-35-113-109-27-13-17-39-117(109)128-121(105)113)102-77-61-94(62-78-102)106-32-24-36-114-110-28-14-18-40-118(110)129-122(106)114)98-69-53-90(54-70-98)86-45-49-88(50-46-86)92-57-73-100(74-58-92)127(103-79-63-95(64-80-103)107-33-25-37-115-111-29-15-19-41-119(111)130-123(107)115)104-81-65-96(66-82-104)108-34-26-38-116-112-30-16-20-42-120(112)131-124(108)116/h13-20,23-82H,3-12,21-22,83-84H2,1-2H3. The molecule has 0 N–H and O–H groups in total. The van der Waals surface area contributed by atoms with Crippen molar-refractivity contribution in [2.75, 3.05) is 9.80 Å². The molecule has 6 nitrogen and oxygen atoms in total. The zero-order valence-electron chi connectivity index (χ0n) is 74.2. The van der Waals surface area contributed by atoms with Crippen LogP contribution in [0.25, 0.3) is 177 Å². The molecule has 22 rings (SSSR count). The van der Waals surface area contributed by atoms with Crippen molar-refractivity contribution in [1.82, 2.24) is 0 Å². The predicted molar refractivity (Wildman–Crippen MR) is 552 cm³/mol. The van der Waals surface area contributed by atoms with Crippen molar-refractivity contribution in [3.8, 4) is 89.0 Å². The van der Waals surface area contributed by atoms with Crippen LogP contribution >= 0.6 is 0 Å². The van der Waals surface area contributed by atoms with Crippen molar-refractivity contribution in [1.29, 1.82) is 0 Å². The second kappa shape index (κ2) is 36.1. The average Bonchev–Trinajstić information content (AvgIpc) is 1.50. The van der Waals surface area contributed by atoms with Crippen molar-refractivity contribution in [2.45, 2.75) is 109 Å². The molecule has 0 unspecified atom stereocenters. The van der Waals surface area contributed by atoms with Gasteiger partial charge in [-0.05, 0) is 188 Å². The van der Waals surface area contributed by atoms with Gasteiger partial charge < -0.3 is 27.5 Å². The summed E-state index contributed by atoms with van der Waals surface area (Å²) in [4.78, 5) is 4.71. The van der Waals surface area contributed by atoms with Gasteiger partial charge in [0.2, 0.25) is 0 Å². The normalized spacial score (nSPS) is 11.9. The smallest absolute Gasteiger partial charge is 0.143 e. The van der Waals surface area contributed by atoms with E-state index < -0.39 is 0 Å². The number of benzene rings is 18. The summed E-state index contributed by atoms with van der Waals surface area (Å²) >= 11 is 0. The summed E-state index contributed by atoms with van der Waals surface area (Å²) < 4.78 is 26.2. The third-order valence-electron chi connectivity index (χ3n) is 27.5. The maximum atomic E-state index is 6.54. The van der Waals surface area contributed by atoms with Gasteiger partial charge in [-0.1, -0.05) is 406 Å². The van der Waals surface area contributed by atoms with Gasteiger partial charge in [0, 0.05) is 105 Å². The van der Waals surface area contributed by atoms with Crippen molar-refractivity contribution in [3.05, 3.63) is 424 Å². The molecule has 0 spiro atoms. The molecular weight excluding hydrogens is 1590 g/mol. The number of fused-ring (bicyclic) bond motifs is 12. The van der Waals surface area contributed by atoms with Crippen molar-refractivity contribution in [3.63, 3.8) is 0 Å². The first-order chi connectivity index (χ1) is 64.8. The van der Waals surface area contributed by atoms with Crippen LogP contribution in [0.15, 0.2) is 430 Å². The number of anilines is 6. The summed E-state index contributed by atoms with van der Waals surface area (Å²) in [6.07, 6.45) is 17.4. The number of para-hydroxylation sites is 8. The van der Waals surface area contributed by atoms with E-state index in [-0.39, 0.29) is 5.41 Å². The molecule has 131 heavy (non-hydrogen) atoms. The predicted octanol–water partition coefficient (Wildman–Crippen LogP) is 37.3. The van der Waals surface area contributed by atoms with E-state index in [0.29, 0.717) is 0 Å². The Balaban J connectivity index is 0.531. The second-order valence-corrected chi connectivity index (χ2v) is 35.5. The Hall–Kier alpha value is -15.2. The fourth-order valence-corrected chi connectivity index (χ4v) is 20.5. The summed E-state index contributed by atoms with van der Waals surface area (Å²) in [5, 5.41) is 8.98. The highest BCUT2D eigenvalue weighted by Crippen LogP contribution is 2.49. The van der Waals surface area contributed by atoms with Gasteiger partial charge >= 0.3 is 0 Å².